The van der Waals surface area contributed by atoms with E-state index in [2.05, 4.69) is 28.1 Å². The van der Waals surface area contributed by atoms with Crippen LogP contribution in [0.1, 0.15) is 32.8 Å². The van der Waals surface area contributed by atoms with Crippen LogP contribution in [0.25, 0.3) is 0 Å². The Bertz CT molecular complexity index is 763. The molecule has 0 aliphatic rings. The molecule has 28 heavy (non-hydrogen) atoms. The molecule has 1 atom stereocenters. The summed E-state index contributed by atoms with van der Waals surface area (Å²) in [6.07, 6.45) is 1.24. The topological polar surface area (TPSA) is 79.5 Å². The molecule has 1 unspecified atom stereocenters. The van der Waals surface area contributed by atoms with Gasteiger partial charge in [-0.3, -0.25) is 5.32 Å². The Balaban J connectivity index is 1.79. The first-order valence-corrected chi connectivity index (χ1v) is 9.57. The first kappa shape index (κ1) is 21.3. The molecule has 150 valence electrons. The standard InChI is InChI=1S/C22H29N3O3/c1-16(2)15-28-22(27)25-20-11-7-10-19(14-20)24-21(26)23-17(3)12-13-18-8-5-4-6-9-18/h4-11,14,16-17H,12-13,15H2,1-3H3,(H,25,27)(H2,23,24,26). The molecule has 0 spiro atoms. The normalized spacial score (nSPS) is 11.6. The number of urea groups is 1. The van der Waals surface area contributed by atoms with Gasteiger partial charge in [-0.25, -0.2) is 9.59 Å². The molecule has 0 saturated carbocycles. The maximum absolute atomic E-state index is 12.2. The largest absolute Gasteiger partial charge is 0.449 e. The minimum atomic E-state index is -0.509. The number of aryl methyl sites for hydroxylation is 1. The monoisotopic (exact) mass is 383 g/mol. The molecule has 2 rings (SSSR count). The van der Waals surface area contributed by atoms with Crippen LogP contribution < -0.4 is 16.0 Å². The van der Waals surface area contributed by atoms with E-state index < -0.39 is 6.09 Å². The summed E-state index contributed by atoms with van der Waals surface area (Å²) in [6, 6.07) is 16.9. The number of hydrogen-bond donors (Lipinski definition) is 3. The number of nitrogens with one attached hydrogen (secondary N) is 3. The Morgan fingerprint density at radius 3 is 2.29 bits per heavy atom. The fraction of sp³-hybridized carbons (Fsp3) is 0.364. The summed E-state index contributed by atoms with van der Waals surface area (Å²) >= 11 is 0. The predicted octanol–water partition coefficient (Wildman–Crippen LogP) is 5.03. The van der Waals surface area contributed by atoms with Crippen molar-refractivity contribution in [1.82, 2.24) is 5.32 Å². The molecule has 0 saturated heterocycles. The Morgan fingerprint density at radius 1 is 0.929 bits per heavy atom. The number of ether oxygens (including phenoxy) is 1. The van der Waals surface area contributed by atoms with E-state index in [-0.39, 0.29) is 18.0 Å². The summed E-state index contributed by atoms with van der Waals surface area (Å²) in [4.78, 5) is 24.0. The summed E-state index contributed by atoms with van der Waals surface area (Å²) in [5, 5.41) is 8.38. The van der Waals surface area contributed by atoms with E-state index in [1.165, 1.54) is 5.56 Å². The van der Waals surface area contributed by atoms with Crippen LogP contribution in [0.4, 0.5) is 21.0 Å². The molecule has 3 amide bonds. The maximum atomic E-state index is 12.2. The van der Waals surface area contributed by atoms with Crippen molar-refractivity contribution in [2.75, 3.05) is 17.2 Å². The van der Waals surface area contributed by atoms with Gasteiger partial charge in [0.05, 0.1) is 6.61 Å². The lowest BCUT2D eigenvalue weighted by atomic mass is 10.1. The summed E-state index contributed by atoms with van der Waals surface area (Å²) < 4.78 is 5.09. The van der Waals surface area contributed by atoms with Crippen molar-refractivity contribution in [3.05, 3.63) is 60.2 Å². The minimum absolute atomic E-state index is 0.0347. The summed E-state index contributed by atoms with van der Waals surface area (Å²) in [6.45, 7) is 6.27. The molecule has 2 aromatic carbocycles. The molecular formula is C22H29N3O3. The van der Waals surface area contributed by atoms with E-state index in [0.717, 1.165) is 12.8 Å². The van der Waals surface area contributed by atoms with E-state index in [4.69, 9.17) is 4.74 Å². The third-order valence-electron chi connectivity index (χ3n) is 4.00. The highest BCUT2D eigenvalue weighted by atomic mass is 16.5. The van der Waals surface area contributed by atoms with Gasteiger partial charge in [0.1, 0.15) is 0 Å². The highest BCUT2D eigenvalue weighted by molar-refractivity contribution is 5.91. The lowest BCUT2D eigenvalue weighted by Crippen LogP contribution is -2.36. The van der Waals surface area contributed by atoms with Gasteiger partial charge in [0.15, 0.2) is 0 Å². The second-order valence-electron chi connectivity index (χ2n) is 7.22. The minimum Gasteiger partial charge on any atom is -0.449 e. The van der Waals surface area contributed by atoms with Gasteiger partial charge in [0.2, 0.25) is 0 Å². The zero-order valence-electron chi connectivity index (χ0n) is 16.7. The van der Waals surface area contributed by atoms with Crippen molar-refractivity contribution < 1.29 is 14.3 Å². The summed E-state index contributed by atoms with van der Waals surface area (Å²) in [5.74, 6) is 0.270. The lowest BCUT2D eigenvalue weighted by molar-refractivity contribution is 0.147. The number of rotatable bonds is 8. The molecule has 0 aliphatic heterocycles. The van der Waals surface area contributed by atoms with E-state index >= 15 is 0 Å². The van der Waals surface area contributed by atoms with Crippen LogP contribution >= 0.6 is 0 Å². The fourth-order valence-corrected chi connectivity index (χ4v) is 2.56. The quantitative estimate of drug-likeness (QED) is 0.598. The van der Waals surface area contributed by atoms with E-state index in [1.807, 2.05) is 39.0 Å². The summed E-state index contributed by atoms with van der Waals surface area (Å²) in [5.41, 5.74) is 2.40. The van der Waals surface area contributed by atoms with Gasteiger partial charge < -0.3 is 15.4 Å². The maximum Gasteiger partial charge on any atom is 0.411 e. The van der Waals surface area contributed by atoms with Crippen molar-refractivity contribution in [2.24, 2.45) is 5.92 Å². The number of carbonyl (C=O) groups excluding carboxylic acids is 2. The van der Waals surface area contributed by atoms with Crippen molar-refractivity contribution in [2.45, 2.75) is 39.7 Å². The van der Waals surface area contributed by atoms with Gasteiger partial charge in [-0.15, -0.1) is 0 Å². The molecule has 0 aliphatic carbocycles. The third kappa shape index (κ3) is 8.12. The number of amides is 3. The molecule has 0 heterocycles. The van der Waals surface area contributed by atoms with Crippen LogP contribution in [-0.2, 0) is 11.2 Å². The Morgan fingerprint density at radius 2 is 1.61 bits per heavy atom. The highest BCUT2D eigenvalue weighted by Gasteiger charge is 2.09. The molecular weight excluding hydrogens is 354 g/mol. The number of anilines is 2. The molecule has 3 N–H and O–H groups in total. The van der Waals surface area contributed by atoms with E-state index in [9.17, 15) is 9.59 Å². The third-order valence-corrected chi connectivity index (χ3v) is 4.00. The number of carbonyl (C=O) groups is 2. The van der Waals surface area contributed by atoms with Gasteiger partial charge in [0.25, 0.3) is 0 Å². The van der Waals surface area contributed by atoms with Crippen LogP contribution in [-0.4, -0.2) is 24.8 Å². The van der Waals surface area contributed by atoms with Crippen LogP contribution in [0.15, 0.2) is 54.6 Å². The summed E-state index contributed by atoms with van der Waals surface area (Å²) in [7, 11) is 0. The van der Waals surface area contributed by atoms with Gasteiger partial charge in [-0.1, -0.05) is 50.2 Å². The van der Waals surface area contributed by atoms with Gasteiger partial charge in [-0.2, -0.15) is 0 Å². The van der Waals surface area contributed by atoms with Crippen molar-refractivity contribution in [1.29, 1.82) is 0 Å². The van der Waals surface area contributed by atoms with Crippen molar-refractivity contribution >= 4 is 23.5 Å². The first-order valence-electron chi connectivity index (χ1n) is 9.57. The zero-order chi connectivity index (χ0) is 20.4. The first-order chi connectivity index (χ1) is 13.4. The highest BCUT2D eigenvalue weighted by Crippen LogP contribution is 2.15. The average Bonchev–Trinajstić information content (AvgIpc) is 2.66. The lowest BCUT2D eigenvalue weighted by Gasteiger charge is -2.15. The van der Waals surface area contributed by atoms with Crippen LogP contribution in [0.5, 0.6) is 0 Å². The van der Waals surface area contributed by atoms with Gasteiger partial charge >= 0.3 is 12.1 Å². The molecule has 0 bridgehead atoms. The van der Waals surface area contributed by atoms with E-state index in [1.54, 1.807) is 24.3 Å². The van der Waals surface area contributed by atoms with Crippen LogP contribution in [0.3, 0.4) is 0 Å². The Kier molecular flexibility index (Phi) is 8.34. The molecule has 2 aromatic rings. The number of hydrogen-bond acceptors (Lipinski definition) is 3. The fourth-order valence-electron chi connectivity index (χ4n) is 2.56. The number of benzene rings is 2. The molecule has 0 aromatic heterocycles. The Labute approximate surface area is 166 Å². The van der Waals surface area contributed by atoms with Crippen LogP contribution in [0.2, 0.25) is 0 Å². The second kappa shape index (κ2) is 11.0. The van der Waals surface area contributed by atoms with Gasteiger partial charge in [-0.05, 0) is 49.4 Å². The smallest absolute Gasteiger partial charge is 0.411 e. The second-order valence-corrected chi connectivity index (χ2v) is 7.22. The predicted molar refractivity (Wildman–Crippen MR) is 113 cm³/mol. The average molecular weight is 383 g/mol. The SMILES string of the molecule is CC(C)COC(=O)Nc1cccc(NC(=O)NC(C)CCc2ccccc2)c1. The van der Waals surface area contributed by atoms with E-state index in [0.29, 0.717) is 18.0 Å². The Hall–Kier alpha value is -3.02. The molecule has 0 fully saturated rings. The molecule has 6 nitrogen and oxygen atoms in total. The zero-order valence-corrected chi connectivity index (χ0v) is 16.7. The molecule has 6 heteroatoms. The van der Waals surface area contributed by atoms with Crippen LogP contribution in [0, 0.1) is 5.92 Å². The van der Waals surface area contributed by atoms with Gasteiger partial charge in [0, 0.05) is 17.4 Å². The molecule has 0 radical (unpaired) electrons. The van der Waals surface area contributed by atoms with Crippen molar-refractivity contribution in [3.63, 3.8) is 0 Å². The van der Waals surface area contributed by atoms with Crippen molar-refractivity contribution in [3.8, 4) is 0 Å².